The highest BCUT2D eigenvalue weighted by Gasteiger charge is 2.79. The largest absolute Gasteiger partial charge is 0.485 e. The Kier molecular flexibility index (Phi) is 16.4. The van der Waals surface area contributed by atoms with Gasteiger partial charge in [0.1, 0.15) is 23.9 Å². The van der Waals surface area contributed by atoms with Gasteiger partial charge in [0.15, 0.2) is 16.9 Å². The zero-order valence-corrected chi connectivity index (χ0v) is 47.6. The second-order valence-electron chi connectivity index (χ2n) is 25.9. The van der Waals surface area contributed by atoms with Crippen molar-refractivity contribution < 1.29 is 63.9 Å². The number of aliphatic hydroxyl groups excluding tert-OH is 4. The number of aryl methyl sites for hydroxylation is 1. The molecule has 3 aliphatic heterocycles. The van der Waals surface area contributed by atoms with Crippen LogP contribution < -0.4 is 20.1 Å². The summed E-state index contributed by atoms with van der Waals surface area (Å²) < 4.78 is 32.8. The summed E-state index contributed by atoms with van der Waals surface area (Å²) >= 11 is 0. The average Bonchev–Trinajstić information content (AvgIpc) is 4.12. The Morgan fingerprint density at radius 2 is 1.74 bits per heavy atom. The van der Waals surface area contributed by atoms with E-state index in [1.807, 2.05) is 22.9 Å². The molecule has 11 rings (SSSR count). The summed E-state index contributed by atoms with van der Waals surface area (Å²) in [6, 6.07) is 3.67. The Morgan fingerprint density at radius 3 is 2.51 bits per heavy atom. The molecule has 1 aromatic heterocycles. The third kappa shape index (κ3) is 9.46. The molecule has 5 bridgehead atoms. The van der Waals surface area contributed by atoms with Crippen LogP contribution in [0.25, 0.3) is 11.0 Å². The molecular weight excluding hydrogens is 1020 g/mol. The van der Waals surface area contributed by atoms with Crippen LogP contribution in [0.3, 0.4) is 0 Å². The van der Waals surface area contributed by atoms with Crippen LogP contribution in [0, 0.1) is 46.3 Å². The van der Waals surface area contributed by atoms with Crippen LogP contribution in [0.1, 0.15) is 154 Å². The van der Waals surface area contributed by atoms with E-state index in [-0.39, 0.29) is 78.9 Å². The fraction of sp³-hybridized carbons (Fsp3) is 0.817. The maximum atomic E-state index is 13.9. The molecule has 2 aromatic rings. The minimum absolute atomic E-state index is 0.0000568. The summed E-state index contributed by atoms with van der Waals surface area (Å²) in [7, 11) is 5.58. The number of hydrogen-bond acceptors (Lipinski definition) is 17. The van der Waals surface area contributed by atoms with Gasteiger partial charge < -0.3 is 69.7 Å². The lowest BCUT2D eigenvalue weighted by molar-refractivity contribution is -0.424. The van der Waals surface area contributed by atoms with Gasteiger partial charge >= 0.3 is 5.97 Å². The number of fused-ring (bicyclic) bond motifs is 12. The van der Waals surface area contributed by atoms with Crippen LogP contribution in [0.5, 0.6) is 11.5 Å². The molecule has 9 N–H and O–H groups in total. The molecule has 9 aliphatic rings. The fourth-order valence-corrected chi connectivity index (χ4v) is 22.6. The molecule has 16 unspecified atom stereocenters. The molecule has 7 fully saturated rings. The molecule has 430 valence electrons. The number of nitrogens with one attached hydrogen (secondary N) is 2. The van der Waals surface area contributed by atoms with E-state index < -0.39 is 82.1 Å². The van der Waals surface area contributed by atoms with E-state index in [9.17, 15) is 40.5 Å². The average molecular weight is 1110 g/mol. The number of aliphatic hydroxyl groups is 7. The minimum atomic E-state index is -2.49. The van der Waals surface area contributed by atoms with Gasteiger partial charge in [-0.25, -0.2) is 0 Å². The number of allylic oxidation sites excluding steroid dienone is 1. The Morgan fingerprint density at radius 1 is 0.948 bits per heavy atom. The number of carbonyl (C=O) groups excluding carboxylic acids is 1. The monoisotopic (exact) mass is 1110 g/mol. The van der Waals surface area contributed by atoms with E-state index in [0.29, 0.717) is 41.3 Å². The maximum absolute atomic E-state index is 13.9. The molecule has 4 spiro atoms. The molecule has 16 atom stereocenters. The quantitative estimate of drug-likeness (QED) is 0.0637. The van der Waals surface area contributed by atoms with Crippen molar-refractivity contribution in [3.63, 3.8) is 0 Å². The van der Waals surface area contributed by atoms with Crippen molar-refractivity contribution in [1.82, 2.24) is 10.6 Å². The molecule has 6 aliphatic carbocycles. The van der Waals surface area contributed by atoms with Gasteiger partial charge in [-0.05, 0) is 169 Å². The van der Waals surface area contributed by atoms with E-state index in [0.717, 1.165) is 90.0 Å². The van der Waals surface area contributed by atoms with Gasteiger partial charge in [-0.15, -0.1) is 0 Å². The molecule has 0 amide bonds. The molecule has 17 heteroatoms. The number of carbonyl (C=O) groups is 1. The van der Waals surface area contributed by atoms with Crippen LogP contribution >= 0.6 is 21.6 Å². The number of furan rings is 1. The van der Waals surface area contributed by atoms with Crippen molar-refractivity contribution in [1.29, 1.82) is 0 Å². The molecule has 1 aromatic carbocycles. The Bertz CT molecular complexity index is 2430. The van der Waals surface area contributed by atoms with Gasteiger partial charge in [-0.3, -0.25) is 4.79 Å². The van der Waals surface area contributed by atoms with E-state index in [4.69, 9.17) is 23.4 Å². The highest BCUT2D eigenvalue weighted by atomic mass is 33.1. The van der Waals surface area contributed by atoms with Crippen molar-refractivity contribution in [2.24, 2.45) is 46.3 Å². The topological polar surface area (TPSA) is 233 Å². The van der Waals surface area contributed by atoms with Crippen molar-refractivity contribution in [3.8, 4) is 11.5 Å². The molecule has 5 saturated carbocycles. The first kappa shape index (κ1) is 56.7. The summed E-state index contributed by atoms with van der Waals surface area (Å²) in [5, 5.41) is 97.7. The maximum Gasteiger partial charge on any atom is 0.306 e. The summed E-state index contributed by atoms with van der Waals surface area (Å²) in [5.41, 5.74) is -6.43. The zero-order chi connectivity index (χ0) is 54.0. The lowest BCUT2D eigenvalue weighted by atomic mass is 9.50. The van der Waals surface area contributed by atoms with E-state index in [1.54, 1.807) is 36.1 Å². The van der Waals surface area contributed by atoms with Gasteiger partial charge in [0, 0.05) is 53.3 Å². The number of esters is 1. The fourth-order valence-electron chi connectivity index (χ4n) is 18.3. The van der Waals surface area contributed by atoms with Crippen molar-refractivity contribution in [2.45, 2.75) is 213 Å². The molecular formula is C60H90N2O13S2. The number of ether oxygens (including phenoxy) is 4. The number of hydrogen-bond donors (Lipinski definition) is 9. The summed E-state index contributed by atoms with van der Waals surface area (Å²) in [6.07, 6.45) is 16.6. The lowest BCUT2D eigenvalue weighted by Gasteiger charge is -2.67. The molecule has 77 heavy (non-hydrogen) atoms. The third-order valence-corrected chi connectivity index (χ3v) is 25.3. The first-order valence-electron chi connectivity index (χ1n) is 29.9. The second-order valence-corrected chi connectivity index (χ2v) is 28.6. The first-order chi connectivity index (χ1) is 37.0. The molecule has 0 radical (unpaired) electrons. The summed E-state index contributed by atoms with van der Waals surface area (Å²) in [5.74, 6) is -1.79. The Hall–Kier alpha value is -2.13. The highest BCUT2D eigenvalue weighted by Crippen LogP contribution is 2.78. The number of rotatable bonds is 10. The Balaban J connectivity index is 1.12. The normalized spacial score (nSPS) is 42.6. The second kappa shape index (κ2) is 22.2. The van der Waals surface area contributed by atoms with Gasteiger partial charge in [-0.2, -0.15) is 0 Å². The van der Waals surface area contributed by atoms with E-state index >= 15 is 0 Å². The molecule has 4 heterocycles. The van der Waals surface area contributed by atoms with Gasteiger partial charge in [-0.1, -0.05) is 79.2 Å². The smallest absolute Gasteiger partial charge is 0.306 e. The number of benzene rings is 1. The van der Waals surface area contributed by atoms with E-state index in [1.165, 1.54) is 25.7 Å². The first-order valence-corrected chi connectivity index (χ1v) is 32.2. The van der Waals surface area contributed by atoms with Crippen LogP contribution in [0.2, 0.25) is 0 Å². The van der Waals surface area contributed by atoms with Crippen LogP contribution in [-0.4, -0.2) is 145 Å². The zero-order valence-electron chi connectivity index (χ0n) is 45.9. The third-order valence-electron chi connectivity index (χ3n) is 21.9. The van der Waals surface area contributed by atoms with Crippen molar-refractivity contribution in [2.75, 3.05) is 45.7 Å². The predicted molar refractivity (Wildman–Crippen MR) is 296 cm³/mol. The molecule has 15 nitrogen and oxygen atoms in total. The summed E-state index contributed by atoms with van der Waals surface area (Å²) in [6.45, 7) is 5.34. The SMILES string of the molecule is CCOC(=O)CCc1cc2ccoc2c2c1OC1OC3(CSSC4(CC5(CCCC5)C5(CCC(CNC)C5)C4CCC4(O)CCCC4)C(CCC(C)CCCC3O)NCCO2)C2(O)CC3C=CC(O)C(CO)C3C1(O)C2O. The van der Waals surface area contributed by atoms with Gasteiger partial charge in [0.2, 0.25) is 12.0 Å². The van der Waals surface area contributed by atoms with Crippen LogP contribution in [0.4, 0.5) is 0 Å². The minimum Gasteiger partial charge on any atom is -0.485 e. The van der Waals surface area contributed by atoms with E-state index in [2.05, 4.69) is 24.6 Å². The van der Waals surface area contributed by atoms with Gasteiger partial charge in [0.25, 0.3) is 0 Å². The van der Waals surface area contributed by atoms with Gasteiger partial charge in [0.05, 0.1) is 30.7 Å². The van der Waals surface area contributed by atoms with Crippen LogP contribution in [0.15, 0.2) is 35.0 Å². The van der Waals surface area contributed by atoms with Crippen molar-refractivity contribution >= 4 is 38.5 Å². The van der Waals surface area contributed by atoms with Crippen molar-refractivity contribution in [3.05, 3.63) is 36.1 Å². The lowest BCUT2D eigenvalue weighted by Crippen LogP contribution is -2.86. The summed E-state index contributed by atoms with van der Waals surface area (Å²) in [4.78, 5) is 13.1. The van der Waals surface area contributed by atoms with Crippen LogP contribution in [-0.2, 0) is 20.7 Å². The standard InChI is InChI=1S/C60H90N2O13S2/c1-4-71-47(66)17-14-39-30-40-20-28-72-49(40)51-50(39)74-53-60(70)48-41(13-15-43(64)42(48)34-63)32-58(69,52(60)67)59(75-53)36-76-77-57(45(62-27-29-73-51)16-12-37(2)10-9-11-46(59)65)35-54(21-5-6-22-54)56(26-18-38(31-56)33-61-3)44(57)19-25-55(68)23-7-8-24-55/h13,15,20,28,30,37-38,41-46,48,52-53,61-65,67-70H,4-12,14,16-19,21-27,29,31-36H2,1-3H3. The molecule has 2 saturated heterocycles. The predicted octanol–water partition coefficient (Wildman–Crippen LogP) is 7.50. The Labute approximate surface area is 463 Å². The highest BCUT2D eigenvalue weighted by molar-refractivity contribution is 8.77.